The zero-order chi connectivity index (χ0) is 25.9. The summed E-state index contributed by atoms with van der Waals surface area (Å²) in [6.45, 7) is 10.2. The summed E-state index contributed by atoms with van der Waals surface area (Å²) in [5, 5.41) is 4.62. The molecule has 0 spiro atoms. The minimum Gasteiger partial charge on any atom is -0.493 e. The Balaban J connectivity index is 1.80. The van der Waals surface area contributed by atoms with E-state index in [1.165, 1.54) is 0 Å². The van der Waals surface area contributed by atoms with Gasteiger partial charge in [0.25, 0.3) is 0 Å². The van der Waals surface area contributed by atoms with Gasteiger partial charge in [0.15, 0.2) is 0 Å². The Labute approximate surface area is 218 Å². The number of aryl methyl sites for hydroxylation is 2. The molecule has 0 bridgehead atoms. The number of hydrogen-bond acceptors (Lipinski definition) is 7. The standard InChI is InChI=1S/C25H36N6O3S2/c1-5-8-16-34-21-11-10-18(36(32,33)31-14-12-30(7-3)13-15-31)17-19(21)24-26-22-20(9-6-2)28-29(4)23(22)25(35)27-24/h10-11,17H,5-9,12-16H2,1-4H3,(H,26,27,35). The minimum absolute atomic E-state index is 0.228. The lowest BCUT2D eigenvalue weighted by Crippen LogP contribution is -2.48. The lowest BCUT2D eigenvalue weighted by atomic mass is 10.1. The Morgan fingerprint density at radius 2 is 1.86 bits per heavy atom. The van der Waals surface area contributed by atoms with Crippen molar-refractivity contribution >= 4 is 33.3 Å². The highest BCUT2D eigenvalue weighted by Crippen LogP contribution is 2.33. The first-order valence-electron chi connectivity index (χ1n) is 12.8. The summed E-state index contributed by atoms with van der Waals surface area (Å²) in [5.74, 6) is 1.06. The lowest BCUT2D eigenvalue weighted by molar-refractivity contribution is 0.196. The smallest absolute Gasteiger partial charge is 0.243 e. The van der Waals surface area contributed by atoms with Crippen LogP contribution in [-0.2, 0) is 23.5 Å². The van der Waals surface area contributed by atoms with Gasteiger partial charge in [-0.15, -0.1) is 0 Å². The van der Waals surface area contributed by atoms with Gasteiger partial charge in [0.1, 0.15) is 27.2 Å². The number of fused-ring (bicyclic) bond motifs is 1. The van der Waals surface area contributed by atoms with Crippen molar-refractivity contribution in [1.82, 2.24) is 29.0 Å². The summed E-state index contributed by atoms with van der Waals surface area (Å²) >= 11 is 5.68. The second-order valence-electron chi connectivity index (χ2n) is 9.13. The number of unbranched alkanes of at least 4 members (excludes halogenated alkanes) is 1. The van der Waals surface area contributed by atoms with Crippen molar-refractivity contribution < 1.29 is 13.2 Å². The van der Waals surface area contributed by atoms with Gasteiger partial charge in [0.2, 0.25) is 10.0 Å². The number of likely N-dealkylation sites (N-methyl/N-ethyl adjacent to an activating group) is 1. The van der Waals surface area contributed by atoms with Gasteiger partial charge in [-0.25, -0.2) is 13.4 Å². The van der Waals surface area contributed by atoms with Gasteiger partial charge in [-0.2, -0.15) is 9.40 Å². The molecule has 1 saturated heterocycles. The average Bonchev–Trinajstić information content (AvgIpc) is 3.19. The van der Waals surface area contributed by atoms with Crippen molar-refractivity contribution in [3.63, 3.8) is 0 Å². The highest BCUT2D eigenvalue weighted by Gasteiger charge is 2.29. The number of nitrogens with one attached hydrogen (secondary N) is 1. The summed E-state index contributed by atoms with van der Waals surface area (Å²) in [4.78, 5) is 10.6. The predicted octanol–water partition coefficient (Wildman–Crippen LogP) is 4.15. The number of benzene rings is 1. The van der Waals surface area contributed by atoms with Gasteiger partial charge in [0, 0.05) is 33.2 Å². The predicted molar refractivity (Wildman–Crippen MR) is 144 cm³/mol. The largest absolute Gasteiger partial charge is 0.493 e. The van der Waals surface area contributed by atoms with Gasteiger partial charge in [-0.05, 0) is 37.6 Å². The van der Waals surface area contributed by atoms with E-state index in [2.05, 4.69) is 35.8 Å². The van der Waals surface area contributed by atoms with Crippen LogP contribution in [0.15, 0.2) is 23.1 Å². The molecule has 1 aromatic carbocycles. The van der Waals surface area contributed by atoms with Gasteiger partial charge >= 0.3 is 0 Å². The van der Waals surface area contributed by atoms with Crippen LogP contribution in [0.1, 0.15) is 45.7 Å². The van der Waals surface area contributed by atoms with Crippen molar-refractivity contribution in [2.75, 3.05) is 39.3 Å². The maximum absolute atomic E-state index is 13.6. The van der Waals surface area contributed by atoms with E-state index < -0.39 is 10.0 Å². The van der Waals surface area contributed by atoms with Crippen molar-refractivity contribution in [2.24, 2.45) is 7.05 Å². The molecule has 3 aromatic rings. The molecule has 0 aliphatic carbocycles. The molecule has 0 radical (unpaired) electrons. The third-order valence-electron chi connectivity index (χ3n) is 6.63. The number of sulfonamides is 1. The number of aromatic nitrogens is 4. The van der Waals surface area contributed by atoms with E-state index in [9.17, 15) is 8.42 Å². The molecule has 36 heavy (non-hydrogen) atoms. The highest BCUT2D eigenvalue weighted by atomic mass is 32.2. The van der Waals surface area contributed by atoms with Gasteiger partial charge in [0.05, 0.1) is 22.8 Å². The fourth-order valence-corrected chi connectivity index (χ4v) is 6.30. The molecule has 2 aromatic heterocycles. The van der Waals surface area contributed by atoms with Crippen LogP contribution in [0.2, 0.25) is 0 Å². The molecule has 4 rings (SSSR count). The zero-order valence-corrected chi connectivity index (χ0v) is 23.2. The zero-order valence-electron chi connectivity index (χ0n) is 21.6. The first-order chi connectivity index (χ1) is 17.3. The van der Waals surface area contributed by atoms with E-state index in [0.29, 0.717) is 41.5 Å². The summed E-state index contributed by atoms with van der Waals surface area (Å²) in [5.41, 5.74) is 2.96. The molecule has 0 atom stereocenters. The van der Waals surface area contributed by atoms with Crippen LogP contribution in [-0.4, -0.2) is 76.7 Å². The highest BCUT2D eigenvalue weighted by molar-refractivity contribution is 7.89. The number of rotatable bonds is 10. The van der Waals surface area contributed by atoms with Crippen LogP contribution in [0.5, 0.6) is 5.75 Å². The molecule has 1 aliphatic rings. The van der Waals surface area contributed by atoms with E-state index in [-0.39, 0.29) is 4.90 Å². The van der Waals surface area contributed by atoms with Crippen molar-refractivity contribution in [3.05, 3.63) is 28.5 Å². The fraction of sp³-hybridized carbons (Fsp3) is 0.560. The van der Waals surface area contributed by atoms with Gasteiger partial charge in [-0.3, -0.25) is 4.68 Å². The number of hydrogen-bond donors (Lipinski definition) is 1. The molecular formula is C25H36N6O3S2. The van der Waals surface area contributed by atoms with Crippen LogP contribution in [0.4, 0.5) is 0 Å². The van der Waals surface area contributed by atoms with Crippen LogP contribution < -0.4 is 4.74 Å². The number of aromatic amines is 1. The Morgan fingerprint density at radius 3 is 2.53 bits per heavy atom. The first-order valence-corrected chi connectivity index (χ1v) is 14.6. The number of nitrogens with zero attached hydrogens (tertiary/aromatic N) is 5. The molecule has 196 valence electrons. The van der Waals surface area contributed by atoms with Gasteiger partial charge in [-0.1, -0.05) is 45.8 Å². The van der Waals surface area contributed by atoms with Crippen LogP contribution in [0.25, 0.3) is 22.4 Å². The number of H-pyrrole nitrogens is 1. The average molecular weight is 533 g/mol. The molecule has 1 N–H and O–H groups in total. The normalized spacial score (nSPS) is 15.6. The van der Waals surface area contributed by atoms with E-state index in [0.717, 1.165) is 62.0 Å². The minimum atomic E-state index is -3.66. The van der Waals surface area contributed by atoms with Crippen molar-refractivity contribution in [2.45, 2.75) is 51.3 Å². The Morgan fingerprint density at radius 1 is 1.11 bits per heavy atom. The second-order valence-corrected chi connectivity index (χ2v) is 11.5. The molecule has 1 fully saturated rings. The summed E-state index contributed by atoms with van der Waals surface area (Å²) < 4.78 is 37.0. The summed E-state index contributed by atoms with van der Waals surface area (Å²) in [7, 11) is -1.81. The van der Waals surface area contributed by atoms with E-state index in [1.807, 2.05) is 7.05 Å². The SMILES string of the molecule is CCCCOc1ccc(S(=O)(=O)N2CCN(CC)CC2)cc1-c1nc2c(CCC)nn(C)c2c(=S)[nH]1. The third kappa shape index (κ3) is 5.34. The summed E-state index contributed by atoms with van der Waals surface area (Å²) in [6, 6.07) is 5.03. The molecule has 1 aliphatic heterocycles. The third-order valence-corrected chi connectivity index (χ3v) is 8.82. The second kappa shape index (κ2) is 11.4. The molecule has 9 nitrogen and oxygen atoms in total. The number of ether oxygens (including phenoxy) is 1. The van der Waals surface area contributed by atoms with E-state index in [1.54, 1.807) is 27.2 Å². The molecule has 11 heteroatoms. The molecule has 0 saturated carbocycles. The number of piperazine rings is 1. The van der Waals surface area contributed by atoms with Crippen LogP contribution in [0.3, 0.4) is 0 Å². The van der Waals surface area contributed by atoms with Crippen molar-refractivity contribution in [3.8, 4) is 17.1 Å². The Bertz CT molecular complexity index is 1370. The lowest BCUT2D eigenvalue weighted by Gasteiger charge is -2.33. The molecular weight excluding hydrogens is 496 g/mol. The van der Waals surface area contributed by atoms with Gasteiger partial charge < -0.3 is 14.6 Å². The van der Waals surface area contributed by atoms with Crippen molar-refractivity contribution in [1.29, 1.82) is 0 Å². The molecule has 3 heterocycles. The first kappa shape index (κ1) is 26.7. The maximum Gasteiger partial charge on any atom is 0.243 e. The van der Waals surface area contributed by atoms with Crippen LogP contribution >= 0.6 is 12.2 Å². The maximum atomic E-state index is 13.6. The topological polar surface area (TPSA) is 96.3 Å². The fourth-order valence-electron chi connectivity index (χ4n) is 4.52. The molecule has 0 amide bonds. The quantitative estimate of drug-likeness (QED) is 0.309. The molecule has 0 unspecified atom stereocenters. The monoisotopic (exact) mass is 532 g/mol. The summed E-state index contributed by atoms with van der Waals surface area (Å²) in [6.07, 6.45) is 3.60. The Hall–Kier alpha value is -2.34. The Kier molecular flexibility index (Phi) is 8.44. The van der Waals surface area contributed by atoms with E-state index in [4.69, 9.17) is 21.9 Å². The van der Waals surface area contributed by atoms with E-state index >= 15 is 0 Å². The van der Waals surface area contributed by atoms with Crippen LogP contribution in [0, 0.1) is 4.64 Å².